The second-order valence-corrected chi connectivity index (χ2v) is 6.80. The molecule has 4 rings (SSSR count). The average Bonchev–Trinajstić information content (AvgIpc) is 3.08. The second-order valence-electron chi connectivity index (χ2n) is 6.80. The van der Waals surface area contributed by atoms with E-state index in [9.17, 15) is 18.3 Å². The summed E-state index contributed by atoms with van der Waals surface area (Å²) < 4.78 is 45.5. The highest BCUT2D eigenvalue weighted by Gasteiger charge is 2.33. The first-order valence-corrected chi connectivity index (χ1v) is 8.81. The normalized spacial score (nSPS) is 18.0. The van der Waals surface area contributed by atoms with Crippen LogP contribution in [0.25, 0.3) is 11.3 Å². The van der Waals surface area contributed by atoms with Crippen LogP contribution in [0.2, 0.25) is 0 Å². The Morgan fingerprint density at radius 2 is 1.86 bits per heavy atom. The van der Waals surface area contributed by atoms with Crippen LogP contribution in [0, 0.1) is 17.5 Å². The van der Waals surface area contributed by atoms with Crippen LogP contribution in [-0.2, 0) is 13.0 Å². The Balaban J connectivity index is 1.58. The third-order valence-electron chi connectivity index (χ3n) is 4.89. The summed E-state index contributed by atoms with van der Waals surface area (Å²) in [5.74, 6) is -3.57. The van der Waals surface area contributed by atoms with E-state index in [-0.39, 0.29) is 11.7 Å². The molecule has 1 aromatic heterocycles. The molecule has 2 N–H and O–H groups in total. The molecule has 0 bridgehead atoms. The minimum atomic E-state index is -1.55. The van der Waals surface area contributed by atoms with E-state index < -0.39 is 23.8 Å². The summed E-state index contributed by atoms with van der Waals surface area (Å²) in [6.45, 7) is 2.22. The quantitative estimate of drug-likeness (QED) is 0.524. The molecule has 28 heavy (non-hydrogen) atoms. The number of nitrogens with one attached hydrogen (secondary N) is 1. The van der Waals surface area contributed by atoms with Crippen molar-refractivity contribution in [2.24, 2.45) is 0 Å². The molecule has 1 aliphatic heterocycles. The Morgan fingerprint density at radius 1 is 1.18 bits per heavy atom. The fourth-order valence-electron chi connectivity index (χ4n) is 3.42. The highest BCUT2D eigenvalue weighted by atomic mass is 19.2. The van der Waals surface area contributed by atoms with Crippen molar-refractivity contribution in [2.45, 2.75) is 32.3 Å². The molecule has 5 nitrogen and oxygen atoms in total. The fraction of sp³-hybridized carbons (Fsp3) is 0.250. The molecule has 0 spiro atoms. The standard InChI is InChI=1S/C20H18F3N3O2/c1-11-7-17-14(19(28-25-17)12-5-3-2-4-6-12)10-26(11)20(27)24-13-8-15(21)18(23)16(22)9-13/h2-6,8-9,11,20,24,27H,7,10H2,1H3/t11-,20?/m0/s1. The minimum Gasteiger partial charge on any atom is -0.361 e. The highest BCUT2D eigenvalue weighted by molar-refractivity contribution is 5.62. The van der Waals surface area contributed by atoms with Crippen molar-refractivity contribution in [3.63, 3.8) is 0 Å². The van der Waals surface area contributed by atoms with Gasteiger partial charge in [0.15, 0.2) is 29.6 Å². The molecule has 1 aliphatic rings. The first kappa shape index (κ1) is 18.5. The van der Waals surface area contributed by atoms with E-state index >= 15 is 0 Å². The van der Waals surface area contributed by atoms with Gasteiger partial charge in [0.25, 0.3) is 0 Å². The SMILES string of the molecule is C[C@H]1Cc2noc(-c3ccccc3)c2CN1C(O)Nc1cc(F)c(F)c(F)c1. The van der Waals surface area contributed by atoms with E-state index in [1.165, 1.54) is 0 Å². The Bertz CT molecular complexity index is 971. The number of anilines is 1. The molecule has 0 saturated carbocycles. The fourth-order valence-corrected chi connectivity index (χ4v) is 3.42. The van der Waals surface area contributed by atoms with Gasteiger partial charge in [-0.3, -0.25) is 4.90 Å². The van der Waals surface area contributed by atoms with Gasteiger partial charge in [-0.05, 0) is 6.92 Å². The second kappa shape index (κ2) is 7.29. The van der Waals surface area contributed by atoms with Gasteiger partial charge in [0.05, 0.1) is 5.69 Å². The summed E-state index contributed by atoms with van der Waals surface area (Å²) >= 11 is 0. The zero-order valence-corrected chi connectivity index (χ0v) is 15.0. The van der Waals surface area contributed by atoms with Crippen molar-refractivity contribution in [3.8, 4) is 11.3 Å². The molecular formula is C20H18F3N3O2. The molecule has 2 heterocycles. The Morgan fingerprint density at radius 3 is 2.54 bits per heavy atom. The van der Waals surface area contributed by atoms with Crippen LogP contribution in [0.4, 0.5) is 18.9 Å². The summed E-state index contributed by atoms with van der Waals surface area (Å²) in [5.41, 5.74) is 2.47. The van der Waals surface area contributed by atoms with E-state index in [4.69, 9.17) is 4.52 Å². The lowest BCUT2D eigenvalue weighted by molar-refractivity contribution is -0.0120. The molecular weight excluding hydrogens is 371 g/mol. The van der Waals surface area contributed by atoms with Crippen molar-refractivity contribution < 1.29 is 22.8 Å². The molecule has 2 atom stereocenters. The Kier molecular flexibility index (Phi) is 4.82. The summed E-state index contributed by atoms with van der Waals surface area (Å²) in [6, 6.07) is 11.0. The van der Waals surface area contributed by atoms with Crippen molar-refractivity contribution in [2.75, 3.05) is 5.32 Å². The van der Waals surface area contributed by atoms with Crippen LogP contribution in [0.15, 0.2) is 47.0 Å². The lowest BCUT2D eigenvalue weighted by Gasteiger charge is -2.36. The molecule has 0 fully saturated rings. The van der Waals surface area contributed by atoms with Gasteiger partial charge < -0.3 is 14.9 Å². The van der Waals surface area contributed by atoms with Crippen LogP contribution in [0.1, 0.15) is 18.2 Å². The molecule has 0 amide bonds. The Labute approximate surface area is 159 Å². The number of rotatable bonds is 4. The van der Waals surface area contributed by atoms with Gasteiger partial charge in [0.1, 0.15) is 0 Å². The summed E-state index contributed by atoms with van der Waals surface area (Å²) in [7, 11) is 0. The van der Waals surface area contributed by atoms with Gasteiger partial charge in [0.2, 0.25) is 0 Å². The third-order valence-corrected chi connectivity index (χ3v) is 4.89. The number of hydrogen-bond donors (Lipinski definition) is 2. The monoisotopic (exact) mass is 389 g/mol. The highest BCUT2D eigenvalue weighted by Crippen LogP contribution is 2.33. The molecule has 1 unspecified atom stereocenters. The molecule has 0 radical (unpaired) electrons. The van der Waals surface area contributed by atoms with Crippen LogP contribution in [0.5, 0.6) is 0 Å². The smallest absolute Gasteiger partial charge is 0.194 e. The molecule has 2 aromatic carbocycles. The van der Waals surface area contributed by atoms with Gasteiger partial charge >= 0.3 is 0 Å². The van der Waals surface area contributed by atoms with Gasteiger partial charge in [-0.25, -0.2) is 13.2 Å². The van der Waals surface area contributed by atoms with Gasteiger partial charge in [-0.15, -0.1) is 0 Å². The van der Waals surface area contributed by atoms with Crippen LogP contribution in [-0.4, -0.2) is 27.6 Å². The molecule has 0 aliphatic carbocycles. The lowest BCUT2D eigenvalue weighted by atomic mass is 9.97. The van der Waals surface area contributed by atoms with Gasteiger partial charge in [0, 0.05) is 48.0 Å². The van der Waals surface area contributed by atoms with E-state index in [0.717, 1.165) is 29.0 Å². The van der Waals surface area contributed by atoms with E-state index in [1.54, 1.807) is 4.90 Å². The van der Waals surface area contributed by atoms with Crippen LogP contribution >= 0.6 is 0 Å². The van der Waals surface area contributed by atoms with Crippen molar-refractivity contribution in [1.29, 1.82) is 0 Å². The first-order valence-electron chi connectivity index (χ1n) is 8.81. The van der Waals surface area contributed by atoms with Crippen LogP contribution in [0.3, 0.4) is 0 Å². The topological polar surface area (TPSA) is 61.5 Å². The van der Waals surface area contributed by atoms with Gasteiger partial charge in [-0.1, -0.05) is 35.5 Å². The first-order chi connectivity index (χ1) is 13.4. The van der Waals surface area contributed by atoms with E-state index in [2.05, 4.69) is 10.5 Å². The third kappa shape index (κ3) is 3.36. The number of nitrogens with zero attached hydrogens (tertiary/aromatic N) is 2. The van der Waals surface area contributed by atoms with Crippen molar-refractivity contribution in [3.05, 3.63) is 71.2 Å². The summed E-state index contributed by atoms with van der Waals surface area (Å²) in [6.07, 6.45) is -0.706. The largest absolute Gasteiger partial charge is 0.361 e. The zero-order chi connectivity index (χ0) is 19.8. The number of benzene rings is 2. The van der Waals surface area contributed by atoms with Crippen molar-refractivity contribution >= 4 is 5.69 Å². The number of fused-ring (bicyclic) bond motifs is 1. The van der Waals surface area contributed by atoms with Gasteiger partial charge in [-0.2, -0.15) is 0 Å². The van der Waals surface area contributed by atoms with Crippen molar-refractivity contribution in [1.82, 2.24) is 10.1 Å². The van der Waals surface area contributed by atoms with Crippen LogP contribution < -0.4 is 5.32 Å². The minimum absolute atomic E-state index is 0.0597. The maximum Gasteiger partial charge on any atom is 0.194 e. The molecule has 0 saturated heterocycles. The number of aromatic nitrogens is 1. The maximum atomic E-state index is 13.4. The molecule has 8 heteroatoms. The summed E-state index contributed by atoms with van der Waals surface area (Å²) in [4.78, 5) is 1.71. The predicted molar refractivity (Wildman–Crippen MR) is 96.6 cm³/mol. The summed E-state index contributed by atoms with van der Waals surface area (Å²) in [5, 5.41) is 17.4. The zero-order valence-electron chi connectivity index (χ0n) is 15.0. The van der Waals surface area contributed by atoms with E-state index in [1.807, 2.05) is 37.3 Å². The predicted octanol–water partition coefficient (Wildman–Crippen LogP) is 3.89. The number of aliphatic hydroxyl groups is 1. The van der Waals surface area contributed by atoms with E-state index in [0.29, 0.717) is 18.7 Å². The number of halogens is 3. The number of hydrogen-bond acceptors (Lipinski definition) is 5. The molecule has 3 aromatic rings. The number of aliphatic hydroxyl groups excluding tert-OH is 1. The average molecular weight is 389 g/mol. The lowest BCUT2D eigenvalue weighted by Crippen LogP contribution is -2.48. The molecule has 146 valence electrons. The Hall–Kier alpha value is -2.84. The maximum absolute atomic E-state index is 13.4.